The van der Waals surface area contributed by atoms with E-state index in [0.29, 0.717) is 0 Å². The van der Waals surface area contributed by atoms with Gasteiger partial charge < -0.3 is 5.32 Å². The fourth-order valence-corrected chi connectivity index (χ4v) is 2.20. The van der Waals surface area contributed by atoms with Crippen molar-refractivity contribution in [3.63, 3.8) is 0 Å². The Morgan fingerprint density at radius 3 is 3.06 bits per heavy atom. The largest absolute Gasteiger partial charge is 0.308 e. The summed E-state index contributed by atoms with van der Waals surface area (Å²) in [4.78, 5) is 1.18. The molecule has 0 aliphatic heterocycles. The Bertz CT molecular complexity index is 506. The first kappa shape index (κ1) is 10.9. The molecule has 0 bridgehead atoms. The maximum absolute atomic E-state index is 8.68. The monoisotopic (exact) mass is 232 g/mol. The Morgan fingerprint density at radius 2 is 2.44 bits per heavy atom. The van der Waals surface area contributed by atoms with E-state index < -0.39 is 0 Å². The third kappa shape index (κ3) is 2.69. The van der Waals surface area contributed by atoms with Gasteiger partial charge >= 0.3 is 0 Å². The number of aromatic nitrogens is 2. The normalized spacial score (nSPS) is 10.2. The second kappa shape index (κ2) is 4.92. The van der Waals surface area contributed by atoms with Gasteiger partial charge in [-0.25, -0.2) is 0 Å². The van der Waals surface area contributed by atoms with E-state index in [2.05, 4.69) is 16.5 Å². The van der Waals surface area contributed by atoms with Crippen molar-refractivity contribution >= 4 is 11.3 Å². The number of hydrogen-bond acceptors (Lipinski definition) is 4. The average molecular weight is 232 g/mol. The lowest BCUT2D eigenvalue weighted by atomic mass is 10.3. The van der Waals surface area contributed by atoms with Crippen LogP contribution in [0.4, 0.5) is 0 Å². The molecule has 2 aromatic heterocycles. The first-order valence-electron chi connectivity index (χ1n) is 4.93. The van der Waals surface area contributed by atoms with E-state index in [1.807, 2.05) is 30.9 Å². The van der Waals surface area contributed by atoms with Gasteiger partial charge in [0.25, 0.3) is 0 Å². The van der Waals surface area contributed by atoms with Crippen LogP contribution in [-0.4, -0.2) is 9.78 Å². The highest BCUT2D eigenvalue weighted by Crippen LogP contribution is 2.13. The molecule has 0 radical (unpaired) electrons. The maximum atomic E-state index is 8.68. The minimum Gasteiger partial charge on any atom is -0.308 e. The standard InChI is InChI=1S/C11H12N4S/c1-15-7-10(5-14-15)4-13-6-11-2-9(3-12)8-16-11/h2,5,7-8,13H,4,6H2,1H3. The lowest BCUT2D eigenvalue weighted by Crippen LogP contribution is -2.11. The van der Waals surface area contributed by atoms with E-state index in [4.69, 9.17) is 5.26 Å². The number of nitrogens with zero attached hydrogens (tertiary/aromatic N) is 3. The molecule has 82 valence electrons. The van der Waals surface area contributed by atoms with Crippen LogP contribution in [0.2, 0.25) is 0 Å². The number of hydrogen-bond donors (Lipinski definition) is 1. The molecule has 2 aromatic rings. The molecule has 0 amide bonds. The van der Waals surface area contributed by atoms with Crippen LogP contribution in [0.5, 0.6) is 0 Å². The summed E-state index contributed by atoms with van der Waals surface area (Å²) in [6.07, 6.45) is 3.84. The molecule has 1 N–H and O–H groups in total. The molecule has 0 aromatic carbocycles. The third-order valence-corrected chi connectivity index (χ3v) is 3.11. The van der Waals surface area contributed by atoms with Gasteiger partial charge in [-0.1, -0.05) is 0 Å². The molecule has 0 atom stereocenters. The number of aryl methyl sites for hydroxylation is 1. The summed E-state index contributed by atoms with van der Waals surface area (Å²) in [6.45, 7) is 1.59. The first-order valence-corrected chi connectivity index (χ1v) is 5.81. The smallest absolute Gasteiger partial charge is 0.100 e. The quantitative estimate of drug-likeness (QED) is 0.872. The van der Waals surface area contributed by atoms with Gasteiger partial charge in [-0.3, -0.25) is 4.68 Å². The van der Waals surface area contributed by atoms with E-state index in [-0.39, 0.29) is 0 Å². The molecule has 16 heavy (non-hydrogen) atoms. The average Bonchev–Trinajstić information content (AvgIpc) is 2.88. The number of thiophene rings is 1. The molecule has 2 heterocycles. The van der Waals surface area contributed by atoms with E-state index >= 15 is 0 Å². The molecule has 4 nitrogen and oxygen atoms in total. The summed E-state index contributed by atoms with van der Waals surface area (Å²) in [5.41, 5.74) is 1.91. The number of nitriles is 1. The van der Waals surface area contributed by atoms with Crippen LogP contribution in [0.1, 0.15) is 16.0 Å². The zero-order valence-electron chi connectivity index (χ0n) is 8.97. The predicted octanol–water partition coefficient (Wildman–Crippen LogP) is 1.64. The van der Waals surface area contributed by atoms with Crippen LogP contribution >= 0.6 is 11.3 Å². The lowest BCUT2D eigenvalue weighted by Gasteiger charge is -1.99. The highest BCUT2D eigenvalue weighted by molar-refractivity contribution is 7.10. The number of rotatable bonds is 4. The molecule has 0 aliphatic rings. The number of nitrogens with one attached hydrogen (secondary N) is 1. The highest BCUT2D eigenvalue weighted by atomic mass is 32.1. The van der Waals surface area contributed by atoms with Gasteiger partial charge in [0.15, 0.2) is 0 Å². The third-order valence-electron chi connectivity index (χ3n) is 2.17. The Labute approximate surface area is 98.1 Å². The van der Waals surface area contributed by atoms with Crippen molar-refractivity contribution in [3.8, 4) is 6.07 Å². The molecule has 0 saturated carbocycles. The van der Waals surface area contributed by atoms with Gasteiger partial charge in [-0.05, 0) is 6.07 Å². The topological polar surface area (TPSA) is 53.6 Å². The van der Waals surface area contributed by atoms with Crippen LogP contribution < -0.4 is 5.32 Å². The van der Waals surface area contributed by atoms with Gasteiger partial charge in [0.1, 0.15) is 6.07 Å². The van der Waals surface area contributed by atoms with E-state index in [1.165, 1.54) is 10.4 Å². The van der Waals surface area contributed by atoms with Gasteiger partial charge in [-0.15, -0.1) is 11.3 Å². The second-order valence-corrected chi connectivity index (χ2v) is 4.54. The van der Waals surface area contributed by atoms with Crippen molar-refractivity contribution in [1.29, 1.82) is 5.26 Å². The Balaban J connectivity index is 1.82. The van der Waals surface area contributed by atoms with E-state index in [1.54, 1.807) is 16.0 Å². The summed E-state index contributed by atoms with van der Waals surface area (Å²) in [5, 5.41) is 18.0. The molecule has 0 aliphatic carbocycles. The summed E-state index contributed by atoms with van der Waals surface area (Å²) in [5.74, 6) is 0. The van der Waals surface area contributed by atoms with E-state index in [0.717, 1.165) is 18.7 Å². The summed E-state index contributed by atoms with van der Waals surface area (Å²) in [6, 6.07) is 4.05. The van der Waals surface area contributed by atoms with Crippen molar-refractivity contribution in [1.82, 2.24) is 15.1 Å². The van der Waals surface area contributed by atoms with Crippen molar-refractivity contribution in [2.24, 2.45) is 7.05 Å². The molecular formula is C11H12N4S. The van der Waals surface area contributed by atoms with Crippen LogP contribution in [0.3, 0.4) is 0 Å². The van der Waals surface area contributed by atoms with Crippen molar-refractivity contribution < 1.29 is 0 Å². The fourth-order valence-electron chi connectivity index (χ4n) is 1.43. The van der Waals surface area contributed by atoms with Crippen LogP contribution in [0.25, 0.3) is 0 Å². The minimum absolute atomic E-state index is 0.739. The van der Waals surface area contributed by atoms with Crippen molar-refractivity contribution in [3.05, 3.63) is 39.8 Å². The minimum atomic E-state index is 0.739. The highest BCUT2D eigenvalue weighted by Gasteiger charge is 1.99. The van der Waals surface area contributed by atoms with Crippen LogP contribution in [-0.2, 0) is 20.1 Å². The van der Waals surface area contributed by atoms with Crippen LogP contribution in [0.15, 0.2) is 23.8 Å². The van der Waals surface area contributed by atoms with Crippen molar-refractivity contribution in [2.45, 2.75) is 13.1 Å². The zero-order valence-corrected chi connectivity index (χ0v) is 9.79. The Hall–Kier alpha value is -1.64. The van der Waals surface area contributed by atoms with Gasteiger partial charge in [0.05, 0.1) is 11.8 Å². The van der Waals surface area contributed by atoms with Gasteiger partial charge in [0, 0.05) is 42.2 Å². The molecule has 5 heteroatoms. The second-order valence-electron chi connectivity index (χ2n) is 3.54. The fraction of sp³-hybridized carbons (Fsp3) is 0.273. The predicted molar refractivity (Wildman–Crippen MR) is 62.8 cm³/mol. The van der Waals surface area contributed by atoms with Gasteiger partial charge in [-0.2, -0.15) is 10.4 Å². The van der Waals surface area contributed by atoms with Crippen LogP contribution in [0, 0.1) is 11.3 Å². The SMILES string of the molecule is Cn1cc(CNCc2cc(C#N)cs2)cn1. The molecule has 0 spiro atoms. The molecule has 0 saturated heterocycles. The molecule has 2 rings (SSSR count). The lowest BCUT2D eigenvalue weighted by molar-refractivity contribution is 0.699. The summed E-state index contributed by atoms with van der Waals surface area (Å²) >= 11 is 1.61. The van der Waals surface area contributed by atoms with E-state index in [9.17, 15) is 0 Å². The van der Waals surface area contributed by atoms with Gasteiger partial charge in [0.2, 0.25) is 0 Å². The zero-order chi connectivity index (χ0) is 11.4. The molecule has 0 fully saturated rings. The van der Waals surface area contributed by atoms with Crippen molar-refractivity contribution in [2.75, 3.05) is 0 Å². The Kier molecular flexibility index (Phi) is 3.34. The molecule has 0 unspecified atom stereocenters. The maximum Gasteiger partial charge on any atom is 0.100 e. The molecular weight excluding hydrogens is 220 g/mol. The summed E-state index contributed by atoms with van der Waals surface area (Å²) < 4.78 is 1.79. The first-order chi connectivity index (χ1) is 7.78. The summed E-state index contributed by atoms with van der Waals surface area (Å²) in [7, 11) is 1.90. The Morgan fingerprint density at radius 1 is 1.56 bits per heavy atom.